The van der Waals surface area contributed by atoms with Crippen molar-refractivity contribution >= 4 is 11.6 Å². The lowest BCUT2D eigenvalue weighted by molar-refractivity contribution is -0.132. The predicted molar refractivity (Wildman–Crippen MR) is 64.2 cm³/mol. The Hall–Kier alpha value is -1.58. The molecule has 0 fully saturated rings. The van der Waals surface area contributed by atoms with E-state index in [2.05, 4.69) is 0 Å². The van der Waals surface area contributed by atoms with E-state index < -0.39 is 12.3 Å². The molecule has 17 heavy (non-hydrogen) atoms. The highest BCUT2D eigenvalue weighted by Crippen LogP contribution is 2.38. The predicted octanol–water partition coefficient (Wildman–Crippen LogP) is 2.47. The van der Waals surface area contributed by atoms with Crippen molar-refractivity contribution in [1.82, 2.24) is 0 Å². The van der Waals surface area contributed by atoms with Crippen molar-refractivity contribution in [1.29, 1.82) is 0 Å². The van der Waals surface area contributed by atoms with E-state index in [1.54, 1.807) is 13.8 Å². The molecule has 3 nitrogen and oxygen atoms in total. The molecule has 92 valence electrons. The lowest BCUT2D eigenvalue weighted by Gasteiger charge is -2.38. The van der Waals surface area contributed by atoms with Crippen LogP contribution in [0.25, 0.3) is 0 Å². The molecular formula is C13H16FNO2. The van der Waals surface area contributed by atoms with Gasteiger partial charge in [0.1, 0.15) is 12.4 Å². The SMILES string of the molecule is Cc1ccc2c(c1)N(CCF)C(=O)C(C)(C)O2. The normalized spacial score (nSPS) is 17.6. The average molecular weight is 237 g/mol. The summed E-state index contributed by atoms with van der Waals surface area (Å²) in [5, 5.41) is 0. The van der Waals surface area contributed by atoms with Crippen molar-refractivity contribution in [3.8, 4) is 5.75 Å². The maximum absolute atomic E-state index is 12.6. The third kappa shape index (κ3) is 1.99. The molecule has 1 heterocycles. The van der Waals surface area contributed by atoms with Gasteiger partial charge >= 0.3 is 0 Å². The zero-order chi connectivity index (χ0) is 12.6. The number of hydrogen-bond acceptors (Lipinski definition) is 2. The highest BCUT2D eigenvalue weighted by atomic mass is 19.1. The fourth-order valence-corrected chi connectivity index (χ4v) is 1.98. The Morgan fingerprint density at radius 1 is 1.41 bits per heavy atom. The van der Waals surface area contributed by atoms with Crippen molar-refractivity contribution in [2.45, 2.75) is 26.4 Å². The summed E-state index contributed by atoms with van der Waals surface area (Å²) in [7, 11) is 0. The molecule has 0 spiro atoms. The van der Waals surface area contributed by atoms with Crippen molar-refractivity contribution in [3.63, 3.8) is 0 Å². The van der Waals surface area contributed by atoms with Crippen LogP contribution in [0.4, 0.5) is 10.1 Å². The largest absolute Gasteiger partial charge is 0.476 e. The molecule has 0 unspecified atom stereocenters. The minimum absolute atomic E-state index is 0.0715. The van der Waals surface area contributed by atoms with Gasteiger partial charge in [0.2, 0.25) is 0 Å². The summed E-state index contributed by atoms with van der Waals surface area (Å²) in [6.45, 7) is 4.84. The van der Waals surface area contributed by atoms with Crippen LogP contribution < -0.4 is 9.64 Å². The summed E-state index contributed by atoms with van der Waals surface area (Å²) < 4.78 is 18.2. The second-order valence-corrected chi connectivity index (χ2v) is 4.73. The van der Waals surface area contributed by atoms with Crippen LogP contribution >= 0.6 is 0 Å². The highest BCUT2D eigenvalue weighted by molar-refractivity contribution is 6.02. The van der Waals surface area contributed by atoms with E-state index in [1.165, 1.54) is 4.90 Å². The maximum atomic E-state index is 12.6. The Kier molecular flexibility index (Phi) is 2.81. The molecule has 0 aliphatic carbocycles. The summed E-state index contributed by atoms with van der Waals surface area (Å²) in [5.74, 6) is 0.432. The lowest BCUT2D eigenvalue weighted by Crippen LogP contribution is -2.53. The summed E-state index contributed by atoms with van der Waals surface area (Å²) in [4.78, 5) is 13.6. The van der Waals surface area contributed by atoms with Crippen molar-refractivity contribution in [2.24, 2.45) is 0 Å². The van der Waals surface area contributed by atoms with Crippen LogP contribution in [0.3, 0.4) is 0 Å². The lowest BCUT2D eigenvalue weighted by atomic mass is 10.0. The van der Waals surface area contributed by atoms with Crippen LogP contribution in [-0.2, 0) is 4.79 Å². The number of ether oxygens (including phenoxy) is 1. The van der Waals surface area contributed by atoms with Gasteiger partial charge in [0.05, 0.1) is 12.2 Å². The number of hydrogen-bond donors (Lipinski definition) is 0. The molecule has 1 aliphatic rings. The fourth-order valence-electron chi connectivity index (χ4n) is 1.98. The number of benzene rings is 1. The van der Waals surface area contributed by atoms with E-state index in [9.17, 15) is 9.18 Å². The highest BCUT2D eigenvalue weighted by Gasteiger charge is 2.40. The molecule has 2 rings (SSSR count). The number of carbonyl (C=O) groups excluding carboxylic acids is 1. The molecule has 1 amide bonds. The summed E-state index contributed by atoms with van der Waals surface area (Å²) in [5.41, 5.74) is 0.743. The van der Waals surface area contributed by atoms with Gasteiger partial charge in [0.25, 0.3) is 5.91 Å². The van der Waals surface area contributed by atoms with Gasteiger partial charge in [-0.1, -0.05) is 6.07 Å². The Morgan fingerprint density at radius 3 is 2.76 bits per heavy atom. The zero-order valence-electron chi connectivity index (χ0n) is 10.3. The number of fused-ring (bicyclic) bond motifs is 1. The molecule has 0 saturated heterocycles. The van der Waals surface area contributed by atoms with Gasteiger partial charge in [0, 0.05) is 0 Å². The first-order valence-corrected chi connectivity index (χ1v) is 5.63. The molecule has 1 aliphatic heterocycles. The molecule has 0 aromatic heterocycles. The number of nitrogens with zero attached hydrogens (tertiary/aromatic N) is 1. The van der Waals surface area contributed by atoms with E-state index in [0.29, 0.717) is 11.4 Å². The molecule has 1 aromatic rings. The Bertz CT molecular complexity index is 457. The van der Waals surface area contributed by atoms with Gasteiger partial charge in [-0.05, 0) is 38.5 Å². The third-order valence-corrected chi connectivity index (χ3v) is 2.84. The first-order chi connectivity index (χ1) is 7.95. The summed E-state index contributed by atoms with van der Waals surface area (Å²) in [6, 6.07) is 5.58. The number of amides is 1. The number of anilines is 1. The van der Waals surface area contributed by atoms with Crippen LogP contribution in [-0.4, -0.2) is 24.7 Å². The second kappa shape index (κ2) is 4.02. The van der Waals surface area contributed by atoms with Gasteiger partial charge in [-0.2, -0.15) is 0 Å². The fraction of sp³-hybridized carbons (Fsp3) is 0.462. The van der Waals surface area contributed by atoms with Crippen LogP contribution in [0.15, 0.2) is 18.2 Å². The van der Waals surface area contributed by atoms with Crippen molar-refractivity contribution in [3.05, 3.63) is 23.8 Å². The Labute approximate surface area is 100 Å². The molecule has 4 heteroatoms. The van der Waals surface area contributed by atoms with E-state index in [4.69, 9.17) is 4.74 Å². The van der Waals surface area contributed by atoms with Gasteiger partial charge in [-0.15, -0.1) is 0 Å². The second-order valence-electron chi connectivity index (χ2n) is 4.73. The van der Waals surface area contributed by atoms with Crippen LogP contribution in [0.1, 0.15) is 19.4 Å². The number of carbonyl (C=O) groups is 1. The molecular weight excluding hydrogens is 221 g/mol. The number of halogens is 1. The minimum atomic E-state index is -0.933. The topological polar surface area (TPSA) is 29.5 Å². The standard InChI is InChI=1S/C13H16FNO2/c1-9-4-5-11-10(8-9)15(7-6-14)12(16)13(2,3)17-11/h4-5,8H,6-7H2,1-3H3. The van der Waals surface area contributed by atoms with Gasteiger partial charge in [0.15, 0.2) is 5.60 Å². The zero-order valence-corrected chi connectivity index (χ0v) is 10.3. The molecule has 0 atom stereocenters. The smallest absolute Gasteiger partial charge is 0.270 e. The van der Waals surface area contributed by atoms with E-state index in [1.807, 2.05) is 25.1 Å². The first-order valence-electron chi connectivity index (χ1n) is 5.63. The molecule has 0 saturated carbocycles. The number of aryl methyl sites for hydroxylation is 1. The molecule has 1 aromatic carbocycles. The number of alkyl halides is 1. The van der Waals surface area contributed by atoms with Crippen LogP contribution in [0.2, 0.25) is 0 Å². The molecule has 0 bridgehead atoms. The summed E-state index contributed by atoms with van der Waals surface area (Å²) >= 11 is 0. The Balaban J connectivity index is 2.51. The van der Waals surface area contributed by atoms with Gasteiger partial charge in [-0.25, -0.2) is 4.39 Å². The Morgan fingerprint density at radius 2 is 2.12 bits per heavy atom. The quantitative estimate of drug-likeness (QED) is 0.790. The van der Waals surface area contributed by atoms with Crippen molar-refractivity contribution in [2.75, 3.05) is 18.1 Å². The van der Waals surface area contributed by atoms with Crippen LogP contribution in [0.5, 0.6) is 5.75 Å². The van der Waals surface area contributed by atoms with E-state index in [0.717, 1.165) is 5.56 Å². The third-order valence-electron chi connectivity index (χ3n) is 2.84. The average Bonchev–Trinajstić information content (AvgIpc) is 2.26. The maximum Gasteiger partial charge on any atom is 0.270 e. The minimum Gasteiger partial charge on any atom is -0.476 e. The van der Waals surface area contributed by atoms with E-state index >= 15 is 0 Å². The van der Waals surface area contributed by atoms with Crippen molar-refractivity contribution < 1.29 is 13.9 Å². The van der Waals surface area contributed by atoms with Crippen LogP contribution in [0, 0.1) is 6.92 Å². The van der Waals surface area contributed by atoms with Gasteiger partial charge < -0.3 is 9.64 Å². The molecule has 0 N–H and O–H groups in total. The summed E-state index contributed by atoms with van der Waals surface area (Å²) in [6.07, 6.45) is 0. The monoisotopic (exact) mass is 237 g/mol. The van der Waals surface area contributed by atoms with Gasteiger partial charge in [-0.3, -0.25) is 4.79 Å². The molecule has 0 radical (unpaired) electrons. The van der Waals surface area contributed by atoms with E-state index in [-0.39, 0.29) is 12.5 Å². The number of rotatable bonds is 2. The first kappa shape index (κ1) is 11.9.